The summed E-state index contributed by atoms with van der Waals surface area (Å²) in [6.07, 6.45) is 34.9. The van der Waals surface area contributed by atoms with Crippen molar-refractivity contribution in [1.29, 1.82) is 0 Å². The molecule has 0 aromatic rings. The summed E-state index contributed by atoms with van der Waals surface area (Å²) < 4.78 is 37.7. The van der Waals surface area contributed by atoms with E-state index in [1.807, 2.05) is 0 Å². The van der Waals surface area contributed by atoms with Gasteiger partial charge in [0.05, 0.1) is 0 Å². The molecule has 2 N–H and O–H groups in total. The Morgan fingerprint density at radius 2 is 0.617 bits per heavy atom. The predicted molar refractivity (Wildman–Crippen MR) is 192 cm³/mol. The van der Waals surface area contributed by atoms with Gasteiger partial charge in [-0.25, -0.2) is 9.13 Å². The van der Waals surface area contributed by atoms with Gasteiger partial charge in [-0.2, -0.15) is 4.31 Å². The van der Waals surface area contributed by atoms with Crippen LogP contribution < -0.4 is 0 Å². The number of hydrogen-bond donors (Lipinski definition) is 2. The maximum atomic E-state index is 12.8. The highest BCUT2D eigenvalue weighted by atomic mass is 31.3. The van der Waals surface area contributed by atoms with Crippen molar-refractivity contribution in [3.8, 4) is 0 Å². The van der Waals surface area contributed by atoms with E-state index in [-0.39, 0.29) is 12.8 Å². The van der Waals surface area contributed by atoms with Crippen LogP contribution in [0, 0.1) is 0 Å². The van der Waals surface area contributed by atoms with Crippen molar-refractivity contribution in [2.24, 2.45) is 0 Å². The van der Waals surface area contributed by atoms with Crippen molar-refractivity contribution >= 4 is 27.6 Å². The zero-order valence-electron chi connectivity index (χ0n) is 30.3. The molecule has 0 spiro atoms. The standard InChI is InChI=1S/C36H72O9P2/c1-3-5-7-9-11-13-15-17-19-21-23-25-27-29-31-33-35(37)43-47(42,45-46(39,40)41)44-36(38)34-32-30-28-26-24-22-20-18-16-14-12-10-8-6-4-2/h3-34H2,1-2H3,(H2,39,40,41). The average molecular weight is 711 g/mol. The summed E-state index contributed by atoms with van der Waals surface area (Å²) in [5.41, 5.74) is 0. The van der Waals surface area contributed by atoms with E-state index < -0.39 is 27.6 Å². The summed E-state index contributed by atoms with van der Waals surface area (Å²) in [5, 5.41) is 0. The number of carbonyl (C=O) groups excluding carboxylic acids is 2. The third-order valence-electron chi connectivity index (χ3n) is 8.60. The van der Waals surface area contributed by atoms with E-state index in [1.165, 1.54) is 128 Å². The van der Waals surface area contributed by atoms with E-state index in [0.717, 1.165) is 51.4 Å². The Morgan fingerprint density at radius 3 is 0.830 bits per heavy atom. The van der Waals surface area contributed by atoms with Crippen LogP contribution >= 0.6 is 15.6 Å². The second-order valence-corrected chi connectivity index (χ2v) is 16.2. The zero-order valence-corrected chi connectivity index (χ0v) is 32.1. The normalized spacial score (nSPS) is 12.0. The molecule has 0 aromatic heterocycles. The molecule has 0 fully saturated rings. The van der Waals surface area contributed by atoms with Gasteiger partial charge >= 0.3 is 27.6 Å². The smallest absolute Gasteiger partial charge is 0.361 e. The maximum absolute atomic E-state index is 12.8. The summed E-state index contributed by atoms with van der Waals surface area (Å²) in [4.78, 5) is 42.8. The van der Waals surface area contributed by atoms with Crippen LogP contribution in [-0.2, 0) is 32.1 Å². The summed E-state index contributed by atoms with van der Waals surface area (Å²) in [6, 6.07) is 0. The Bertz CT molecular complexity index is 779. The van der Waals surface area contributed by atoms with Crippen molar-refractivity contribution in [3.05, 3.63) is 0 Å². The fraction of sp³-hybridized carbons (Fsp3) is 0.944. The minimum absolute atomic E-state index is 0.108. The lowest BCUT2D eigenvalue weighted by atomic mass is 10.0. The van der Waals surface area contributed by atoms with E-state index in [2.05, 4.69) is 18.2 Å². The van der Waals surface area contributed by atoms with E-state index >= 15 is 0 Å². The Labute approximate surface area is 288 Å². The fourth-order valence-corrected chi connectivity index (χ4v) is 7.83. The molecule has 0 amide bonds. The first-order valence-corrected chi connectivity index (χ1v) is 22.4. The summed E-state index contributed by atoms with van der Waals surface area (Å²) >= 11 is 0. The molecule has 0 unspecified atom stereocenters. The molecule has 47 heavy (non-hydrogen) atoms. The molecule has 280 valence electrons. The first-order chi connectivity index (χ1) is 22.6. The lowest BCUT2D eigenvalue weighted by Crippen LogP contribution is -2.10. The average Bonchev–Trinajstić information content (AvgIpc) is 2.99. The molecule has 0 aliphatic rings. The SMILES string of the molecule is CCCCCCCCCCCCCCCCCC(=O)OP(=O)(OC(=O)CCCCCCCCCCCCCCCCC)OP(=O)(O)O. The van der Waals surface area contributed by atoms with Crippen LogP contribution in [0.5, 0.6) is 0 Å². The first kappa shape index (κ1) is 46.3. The molecule has 0 bridgehead atoms. The van der Waals surface area contributed by atoms with E-state index in [9.17, 15) is 18.7 Å². The molecule has 0 radical (unpaired) electrons. The van der Waals surface area contributed by atoms with E-state index in [0.29, 0.717) is 12.8 Å². The van der Waals surface area contributed by atoms with E-state index in [4.69, 9.17) is 18.8 Å². The predicted octanol–water partition coefficient (Wildman–Crippen LogP) is 12.8. The minimum atomic E-state index is -5.34. The van der Waals surface area contributed by atoms with Gasteiger partial charge in [-0.15, -0.1) is 0 Å². The Morgan fingerprint density at radius 1 is 0.404 bits per heavy atom. The lowest BCUT2D eigenvalue weighted by Gasteiger charge is -2.17. The number of hydrogen-bond acceptors (Lipinski definition) is 7. The van der Waals surface area contributed by atoms with Gasteiger partial charge in [-0.3, -0.25) is 9.59 Å². The van der Waals surface area contributed by atoms with Crippen LogP contribution in [0.2, 0.25) is 0 Å². The molecular formula is C36H72O9P2. The van der Waals surface area contributed by atoms with Gasteiger partial charge < -0.3 is 18.8 Å². The van der Waals surface area contributed by atoms with Crippen LogP contribution in [0.4, 0.5) is 0 Å². The highest BCUT2D eigenvalue weighted by Crippen LogP contribution is 2.61. The monoisotopic (exact) mass is 710 g/mol. The molecule has 0 aliphatic heterocycles. The topological polar surface area (TPSA) is 136 Å². The first-order valence-electron chi connectivity index (χ1n) is 19.4. The Hall–Kier alpha value is -0.720. The molecule has 0 saturated heterocycles. The number of phosphoric ester groups is 1. The molecule has 0 rings (SSSR count). The highest BCUT2D eigenvalue weighted by Gasteiger charge is 2.42. The van der Waals surface area contributed by atoms with Crippen LogP contribution in [-0.4, -0.2) is 21.7 Å². The van der Waals surface area contributed by atoms with Crippen molar-refractivity contribution in [2.75, 3.05) is 0 Å². The van der Waals surface area contributed by atoms with Crippen LogP contribution in [0.1, 0.15) is 219 Å². The quantitative estimate of drug-likeness (QED) is 0.0480. The fourth-order valence-electron chi connectivity index (χ4n) is 5.80. The van der Waals surface area contributed by atoms with Gasteiger partial charge in [0.15, 0.2) is 0 Å². The second kappa shape index (κ2) is 32.5. The summed E-state index contributed by atoms with van der Waals surface area (Å²) in [7, 11) is -10.4. The number of rotatable bonds is 36. The molecular weight excluding hydrogens is 638 g/mol. The minimum Gasteiger partial charge on any atom is -0.361 e. The van der Waals surface area contributed by atoms with Gasteiger partial charge in [0.2, 0.25) is 0 Å². The van der Waals surface area contributed by atoms with E-state index in [1.54, 1.807) is 0 Å². The second-order valence-electron chi connectivity index (χ2n) is 13.3. The Balaban J connectivity index is 3.98. The van der Waals surface area contributed by atoms with Crippen molar-refractivity contribution < 1.29 is 41.9 Å². The third-order valence-corrected chi connectivity index (χ3v) is 11.1. The maximum Gasteiger partial charge on any atom is 0.601 e. The molecule has 0 atom stereocenters. The van der Waals surface area contributed by atoms with Gasteiger partial charge in [0, 0.05) is 12.8 Å². The molecule has 0 saturated carbocycles. The van der Waals surface area contributed by atoms with Crippen LogP contribution in [0.25, 0.3) is 0 Å². The van der Waals surface area contributed by atoms with Crippen LogP contribution in [0.3, 0.4) is 0 Å². The van der Waals surface area contributed by atoms with Gasteiger partial charge in [0.25, 0.3) is 0 Å². The number of unbranched alkanes of at least 4 members (excludes halogenated alkanes) is 28. The molecule has 9 nitrogen and oxygen atoms in total. The lowest BCUT2D eigenvalue weighted by molar-refractivity contribution is -0.140. The zero-order chi connectivity index (χ0) is 34.9. The van der Waals surface area contributed by atoms with Gasteiger partial charge in [0.1, 0.15) is 0 Å². The third kappa shape index (κ3) is 34.9. The van der Waals surface area contributed by atoms with Gasteiger partial charge in [-0.1, -0.05) is 194 Å². The molecule has 0 heterocycles. The number of carbonyl (C=O) groups is 2. The largest absolute Gasteiger partial charge is 0.601 e. The molecule has 0 aromatic carbocycles. The Kier molecular flexibility index (Phi) is 32.0. The number of phosphoric acid groups is 2. The van der Waals surface area contributed by atoms with Gasteiger partial charge in [-0.05, 0) is 12.8 Å². The summed E-state index contributed by atoms with van der Waals surface area (Å²) in [6.45, 7) is 4.48. The van der Waals surface area contributed by atoms with Crippen molar-refractivity contribution in [2.45, 2.75) is 219 Å². The summed E-state index contributed by atoms with van der Waals surface area (Å²) in [5.74, 6) is -1.95. The van der Waals surface area contributed by atoms with Crippen molar-refractivity contribution in [1.82, 2.24) is 0 Å². The van der Waals surface area contributed by atoms with Crippen molar-refractivity contribution in [3.63, 3.8) is 0 Å². The molecule has 11 heteroatoms. The highest BCUT2D eigenvalue weighted by molar-refractivity contribution is 7.61. The van der Waals surface area contributed by atoms with Crippen LogP contribution in [0.15, 0.2) is 0 Å². The molecule has 0 aliphatic carbocycles.